The SMILES string of the molecule is CCCCCCOP(OCCCCCC)OCCCC1CCCC1. The third-order valence-corrected chi connectivity index (χ3v) is 6.00. The lowest BCUT2D eigenvalue weighted by atomic mass is 10.0. The molecule has 0 aromatic heterocycles. The van der Waals surface area contributed by atoms with E-state index < -0.39 is 8.60 Å². The highest BCUT2D eigenvalue weighted by atomic mass is 31.2. The summed E-state index contributed by atoms with van der Waals surface area (Å²) in [7, 11) is -1.13. The summed E-state index contributed by atoms with van der Waals surface area (Å²) in [5.74, 6) is 0.949. The fraction of sp³-hybridized carbons (Fsp3) is 1.00. The number of hydrogen-bond donors (Lipinski definition) is 0. The lowest BCUT2D eigenvalue weighted by Gasteiger charge is -2.17. The van der Waals surface area contributed by atoms with Gasteiger partial charge in [-0.3, -0.25) is 0 Å². The summed E-state index contributed by atoms with van der Waals surface area (Å²) >= 11 is 0. The standard InChI is InChI=1S/C20H41O3P/c1-3-5-7-11-17-21-24(22-18-12-8-6-4-2)23-19-13-16-20-14-9-10-15-20/h20H,3-19H2,1-2H3. The largest absolute Gasteiger partial charge is 0.332 e. The highest BCUT2D eigenvalue weighted by Crippen LogP contribution is 2.40. The van der Waals surface area contributed by atoms with E-state index in [-0.39, 0.29) is 0 Å². The van der Waals surface area contributed by atoms with Gasteiger partial charge >= 0.3 is 8.60 Å². The van der Waals surface area contributed by atoms with Gasteiger partial charge in [0.2, 0.25) is 0 Å². The fourth-order valence-electron chi connectivity index (χ4n) is 3.26. The van der Waals surface area contributed by atoms with Crippen LogP contribution < -0.4 is 0 Å². The highest BCUT2D eigenvalue weighted by molar-refractivity contribution is 7.41. The summed E-state index contributed by atoms with van der Waals surface area (Å²) in [6.07, 6.45) is 18.0. The molecular formula is C20H41O3P. The molecule has 24 heavy (non-hydrogen) atoms. The van der Waals surface area contributed by atoms with Gasteiger partial charge in [0.1, 0.15) is 0 Å². The van der Waals surface area contributed by atoms with Crippen LogP contribution in [0, 0.1) is 5.92 Å². The van der Waals surface area contributed by atoms with Crippen LogP contribution in [0.4, 0.5) is 0 Å². The van der Waals surface area contributed by atoms with E-state index in [0.717, 1.165) is 45.0 Å². The Morgan fingerprint density at radius 3 is 1.67 bits per heavy atom. The maximum absolute atomic E-state index is 5.94. The highest BCUT2D eigenvalue weighted by Gasteiger charge is 2.16. The van der Waals surface area contributed by atoms with E-state index in [4.69, 9.17) is 13.6 Å². The molecule has 1 fully saturated rings. The average molecular weight is 361 g/mol. The topological polar surface area (TPSA) is 27.7 Å². The maximum Gasteiger partial charge on any atom is 0.332 e. The van der Waals surface area contributed by atoms with Crippen LogP contribution in [0.2, 0.25) is 0 Å². The van der Waals surface area contributed by atoms with Crippen molar-refractivity contribution in [1.82, 2.24) is 0 Å². The lowest BCUT2D eigenvalue weighted by Crippen LogP contribution is -2.02. The molecule has 0 saturated heterocycles. The molecule has 0 bridgehead atoms. The molecule has 1 aliphatic carbocycles. The van der Waals surface area contributed by atoms with Gasteiger partial charge in [-0.1, -0.05) is 78.1 Å². The quantitative estimate of drug-likeness (QED) is 0.200. The molecule has 0 N–H and O–H groups in total. The lowest BCUT2D eigenvalue weighted by molar-refractivity contribution is 0.152. The minimum absolute atomic E-state index is 0.781. The fourth-order valence-corrected chi connectivity index (χ4v) is 4.32. The third kappa shape index (κ3) is 12.6. The van der Waals surface area contributed by atoms with Gasteiger partial charge in [0, 0.05) is 0 Å². The maximum atomic E-state index is 5.94. The van der Waals surface area contributed by atoms with Gasteiger partial charge in [-0.05, 0) is 31.6 Å². The van der Waals surface area contributed by atoms with Crippen LogP contribution in [0.3, 0.4) is 0 Å². The summed E-state index contributed by atoms with van der Waals surface area (Å²) < 4.78 is 17.7. The Morgan fingerprint density at radius 1 is 0.667 bits per heavy atom. The summed E-state index contributed by atoms with van der Waals surface area (Å²) in [6.45, 7) is 6.83. The van der Waals surface area contributed by atoms with Crippen molar-refractivity contribution < 1.29 is 13.6 Å². The Morgan fingerprint density at radius 2 is 1.17 bits per heavy atom. The van der Waals surface area contributed by atoms with Crippen molar-refractivity contribution in [1.29, 1.82) is 0 Å². The van der Waals surface area contributed by atoms with Gasteiger partial charge in [-0.25, -0.2) is 0 Å². The summed E-state index contributed by atoms with van der Waals surface area (Å²) in [4.78, 5) is 0. The van der Waals surface area contributed by atoms with Gasteiger partial charge in [0.15, 0.2) is 0 Å². The third-order valence-electron chi connectivity index (χ3n) is 4.82. The summed E-state index contributed by atoms with van der Waals surface area (Å²) in [6, 6.07) is 0. The first-order valence-corrected chi connectivity index (χ1v) is 11.6. The first-order valence-electron chi connectivity index (χ1n) is 10.6. The monoisotopic (exact) mass is 360 g/mol. The number of rotatable bonds is 17. The molecular weight excluding hydrogens is 319 g/mol. The Kier molecular flexibility index (Phi) is 15.6. The van der Waals surface area contributed by atoms with Crippen LogP contribution >= 0.6 is 8.60 Å². The molecule has 0 radical (unpaired) electrons. The van der Waals surface area contributed by atoms with Gasteiger partial charge in [-0.15, -0.1) is 0 Å². The van der Waals surface area contributed by atoms with Crippen molar-refractivity contribution >= 4 is 8.60 Å². The second-order valence-electron chi connectivity index (χ2n) is 7.14. The molecule has 0 spiro atoms. The van der Waals surface area contributed by atoms with E-state index in [1.165, 1.54) is 70.6 Å². The molecule has 144 valence electrons. The van der Waals surface area contributed by atoms with Crippen molar-refractivity contribution in [2.24, 2.45) is 5.92 Å². The number of unbranched alkanes of at least 4 members (excludes halogenated alkanes) is 6. The Bertz CT molecular complexity index is 243. The summed E-state index contributed by atoms with van der Waals surface area (Å²) in [5.41, 5.74) is 0. The van der Waals surface area contributed by atoms with E-state index in [1.54, 1.807) is 0 Å². The summed E-state index contributed by atoms with van der Waals surface area (Å²) in [5, 5.41) is 0. The Balaban J connectivity index is 2.09. The molecule has 1 aliphatic rings. The van der Waals surface area contributed by atoms with Crippen molar-refractivity contribution in [2.75, 3.05) is 19.8 Å². The van der Waals surface area contributed by atoms with Crippen molar-refractivity contribution in [3.8, 4) is 0 Å². The van der Waals surface area contributed by atoms with E-state index in [0.29, 0.717) is 0 Å². The zero-order valence-electron chi connectivity index (χ0n) is 16.3. The number of hydrogen-bond acceptors (Lipinski definition) is 3. The molecule has 1 saturated carbocycles. The smallest absolute Gasteiger partial charge is 0.312 e. The Hall–Kier alpha value is 0.310. The molecule has 0 aromatic rings. The first kappa shape index (κ1) is 22.4. The Labute approximate surface area is 152 Å². The van der Waals surface area contributed by atoms with E-state index in [2.05, 4.69) is 13.8 Å². The second kappa shape index (κ2) is 16.8. The minimum atomic E-state index is -1.13. The predicted molar refractivity (Wildman–Crippen MR) is 104 cm³/mol. The molecule has 0 unspecified atom stereocenters. The van der Waals surface area contributed by atoms with Crippen molar-refractivity contribution in [3.05, 3.63) is 0 Å². The van der Waals surface area contributed by atoms with Crippen molar-refractivity contribution in [2.45, 2.75) is 104 Å². The van der Waals surface area contributed by atoms with Crippen LogP contribution in [0.25, 0.3) is 0 Å². The van der Waals surface area contributed by atoms with Gasteiger partial charge in [0.25, 0.3) is 0 Å². The predicted octanol–water partition coefficient (Wildman–Crippen LogP) is 7.39. The average Bonchev–Trinajstić information content (AvgIpc) is 3.11. The van der Waals surface area contributed by atoms with Gasteiger partial charge in [-0.2, -0.15) is 0 Å². The first-order chi connectivity index (χ1) is 11.9. The minimum Gasteiger partial charge on any atom is -0.312 e. The van der Waals surface area contributed by atoms with Gasteiger partial charge < -0.3 is 13.6 Å². The molecule has 1 rings (SSSR count). The molecule has 0 aliphatic heterocycles. The molecule has 0 amide bonds. The van der Waals surface area contributed by atoms with Crippen LogP contribution in [-0.2, 0) is 13.6 Å². The normalized spacial score (nSPS) is 15.6. The molecule has 4 heteroatoms. The second-order valence-corrected chi connectivity index (χ2v) is 8.36. The van der Waals surface area contributed by atoms with Crippen LogP contribution in [-0.4, -0.2) is 19.8 Å². The van der Waals surface area contributed by atoms with Gasteiger partial charge in [0.05, 0.1) is 19.8 Å². The molecule has 0 heterocycles. The molecule has 0 aromatic carbocycles. The zero-order chi connectivity index (χ0) is 17.3. The van der Waals surface area contributed by atoms with Crippen LogP contribution in [0.1, 0.15) is 104 Å². The zero-order valence-corrected chi connectivity index (χ0v) is 17.2. The molecule has 0 atom stereocenters. The van der Waals surface area contributed by atoms with Crippen LogP contribution in [0.5, 0.6) is 0 Å². The van der Waals surface area contributed by atoms with Crippen molar-refractivity contribution in [3.63, 3.8) is 0 Å². The molecule has 3 nitrogen and oxygen atoms in total. The van der Waals surface area contributed by atoms with E-state index >= 15 is 0 Å². The van der Waals surface area contributed by atoms with Crippen LogP contribution in [0.15, 0.2) is 0 Å². The van der Waals surface area contributed by atoms with E-state index in [1.807, 2.05) is 0 Å². The van der Waals surface area contributed by atoms with E-state index in [9.17, 15) is 0 Å².